The van der Waals surface area contributed by atoms with Gasteiger partial charge < -0.3 is 5.32 Å². The average Bonchev–Trinajstić information content (AvgIpc) is 2.10. The summed E-state index contributed by atoms with van der Waals surface area (Å²) in [6.45, 7) is 6.09. The molecule has 78 valence electrons. The number of aryl methyl sites for hydroxylation is 1. The zero-order valence-corrected chi connectivity index (χ0v) is 9.10. The van der Waals surface area contributed by atoms with Gasteiger partial charge >= 0.3 is 0 Å². The molecule has 0 heterocycles. The normalized spacial score (nSPS) is 12.6. The zero-order chi connectivity index (χ0) is 10.6. The topological polar surface area (TPSA) is 12.0 Å². The lowest BCUT2D eigenvalue weighted by Gasteiger charge is -2.14. The van der Waals surface area contributed by atoms with Crippen LogP contribution in [0, 0.1) is 12.7 Å². The predicted octanol–water partition coefficient (Wildman–Crippen LogP) is 3.73. The Hall–Kier alpha value is -1.05. The van der Waals surface area contributed by atoms with Gasteiger partial charge in [-0.3, -0.25) is 0 Å². The standard InChI is InChI=1S/C12H18FN/c1-4-5-10(3)14-12-7-6-9(2)8-11(12)13/h6-8,10,14H,4-5H2,1-3H3/t10-/m1/s1. The van der Waals surface area contributed by atoms with Crippen LogP contribution in [-0.2, 0) is 0 Å². The van der Waals surface area contributed by atoms with Crippen molar-refractivity contribution in [2.24, 2.45) is 0 Å². The van der Waals surface area contributed by atoms with Crippen molar-refractivity contribution in [2.75, 3.05) is 5.32 Å². The molecule has 0 amide bonds. The first-order chi connectivity index (χ1) is 6.63. The fourth-order valence-electron chi connectivity index (χ4n) is 1.51. The molecule has 0 fully saturated rings. The molecule has 2 heteroatoms. The number of nitrogens with one attached hydrogen (secondary N) is 1. The van der Waals surface area contributed by atoms with Crippen molar-refractivity contribution in [2.45, 2.75) is 39.7 Å². The van der Waals surface area contributed by atoms with Crippen LogP contribution in [0.2, 0.25) is 0 Å². The fourth-order valence-corrected chi connectivity index (χ4v) is 1.51. The summed E-state index contributed by atoms with van der Waals surface area (Å²) >= 11 is 0. The molecule has 1 nitrogen and oxygen atoms in total. The van der Waals surface area contributed by atoms with Crippen molar-refractivity contribution in [1.29, 1.82) is 0 Å². The first-order valence-electron chi connectivity index (χ1n) is 5.16. The number of hydrogen-bond acceptors (Lipinski definition) is 1. The maximum absolute atomic E-state index is 13.4. The molecule has 0 saturated heterocycles. The van der Waals surface area contributed by atoms with E-state index in [0.717, 1.165) is 18.4 Å². The van der Waals surface area contributed by atoms with E-state index >= 15 is 0 Å². The van der Waals surface area contributed by atoms with Gasteiger partial charge in [0.2, 0.25) is 0 Å². The Morgan fingerprint density at radius 1 is 1.43 bits per heavy atom. The number of hydrogen-bond donors (Lipinski definition) is 1. The highest BCUT2D eigenvalue weighted by Crippen LogP contribution is 2.17. The molecule has 0 aliphatic heterocycles. The lowest BCUT2D eigenvalue weighted by molar-refractivity contribution is 0.619. The van der Waals surface area contributed by atoms with E-state index in [0.29, 0.717) is 11.7 Å². The zero-order valence-electron chi connectivity index (χ0n) is 9.10. The number of rotatable bonds is 4. The molecule has 0 saturated carbocycles. The molecule has 0 radical (unpaired) electrons. The third-order valence-electron chi connectivity index (χ3n) is 2.25. The summed E-state index contributed by atoms with van der Waals surface area (Å²) in [4.78, 5) is 0. The smallest absolute Gasteiger partial charge is 0.146 e. The van der Waals surface area contributed by atoms with Crippen molar-refractivity contribution >= 4 is 5.69 Å². The van der Waals surface area contributed by atoms with Gasteiger partial charge in [-0.15, -0.1) is 0 Å². The SMILES string of the molecule is CCC[C@@H](C)Nc1ccc(C)cc1F. The van der Waals surface area contributed by atoms with Crippen LogP contribution in [-0.4, -0.2) is 6.04 Å². The molecular weight excluding hydrogens is 177 g/mol. The summed E-state index contributed by atoms with van der Waals surface area (Å²) in [7, 11) is 0. The summed E-state index contributed by atoms with van der Waals surface area (Å²) in [5, 5.41) is 3.16. The lowest BCUT2D eigenvalue weighted by atomic mass is 10.1. The second-order valence-corrected chi connectivity index (χ2v) is 3.82. The quantitative estimate of drug-likeness (QED) is 0.771. The van der Waals surface area contributed by atoms with E-state index in [1.54, 1.807) is 12.1 Å². The first kappa shape index (κ1) is 11.0. The minimum atomic E-state index is -0.159. The van der Waals surface area contributed by atoms with Crippen LogP contribution >= 0.6 is 0 Å². The van der Waals surface area contributed by atoms with E-state index in [9.17, 15) is 4.39 Å². The van der Waals surface area contributed by atoms with Crippen LogP contribution in [0.4, 0.5) is 10.1 Å². The Balaban J connectivity index is 2.67. The number of benzene rings is 1. The van der Waals surface area contributed by atoms with E-state index in [1.165, 1.54) is 0 Å². The van der Waals surface area contributed by atoms with Crippen LogP contribution in [0.25, 0.3) is 0 Å². The molecule has 0 aliphatic carbocycles. The Bertz CT molecular complexity index is 296. The highest BCUT2D eigenvalue weighted by atomic mass is 19.1. The van der Waals surface area contributed by atoms with Crippen molar-refractivity contribution in [3.63, 3.8) is 0 Å². The van der Waals surface area contributed by atoms with Crippen molar-refractivity contribution in [3.8, 4) is 0 Å². The summed E-state index contributed by atoms with van der Waals surface area (Å²) < 4.78 is 13.4. The molecule has 14 heavy (non-hydrogen) atoms. The molecule has 0 aromatic heterocycles. The average molecular weight is 195 g/mol. The number of anilines is 1. The monoisotopic (exact) mass is 195 g/mol. The van der Waals surface area contributed by atoms with Gasteiger partial charge in [0.05, 0.1) is 5.69 Å². The minimum absolute atomic E-state index is 0.159. The summed E-state index contributed by atoms with van der Waals surface area (Å²) in [5.41, 5.74) is 1.56. The highest BCUT2D eigenvalue weighted by molar-refractivity contribution is 5.46. The number of halogens is 1. The molecule has 1 aromatic rings. The Kier molecular flexibility index (Phi) is 3.93. The van der Waals surface area contributed by atoms with E-state index < -0.39 is 0 Å². The molecule has 0 spiro atoms. The largest absolute Gasteiger partial charge is 0.380 e. The van der Waals surface area contributed by atoms with Crippen LogP contribution in [0.5, 0.6) is 0 Å². The van der Waals surface area contributed by atoms with Crippen LogP contribution in [0.3, 0.4) is 0 Å². The molecular formula is C12H18FN. The minimum Gasteiger partial charge on any atom is -0.380 e. The molecule has 0 aliphatic rings. The molecule has 0 unspecified atom stereocenters. The third kappa shape index (κ3) is 3.02. The predicted molar refractivity (Wildman–Crippen MR) is 59.1 cm³/mol. The Morgan fingerprint density at radius 3 is 2.71 bits per heavy atom. The van der Waals surface area contributed by atoms with E-state index in [4.69, 9.17) is 0 Å². The van der Waals surface area contributed by atoms with Gasteiger partial charge in [-0.2, -0.15) is 0 Å². The van der Waals surface area contributed by atoms with E-state index in [1.807, 2.05) is 13.0 Å². The van der Waals surface area contributed by atoms with Gasteiger partial charge in [-0.1, -0.05) is 19.4 Å². The van der Waals surface area contributed by atoms with Crippen molar-refractivity contribution in [1.82, 2.24) is 0 Å². The summed E-state index contributed by atoms with van der Waals surface area (Å²) in [6, 6.07) is 5.61. The molecule has 1 N–H and O–H groups in total. The van der Waals surface area contributed by atoms with Gasteiger partial charge in [0.1, 0.15) is 5.82 Å². The lowest BCUT2D eigenvalue weighted by Crippen LogP contribution is -2.15. The van der Waals surface area contributed by atoms with Crippen LogP contribution < -0.4 is 5.32 Å². The third-order valence-corrected chi connectivity index (χ3v) is 2.25. The maximum Gasteiger partial charge on any atom is 0.146 e. The highest BCUT2D eigenvalue weighted by Gasteiger charge is 2.05. The van der Waals surface area contributed by atoms with Crippen molar-refractivity contribution in [3.05, 3.63) is 29.6 Å². The Labute approximate surface area is 85.3 Å². The summed E-state index contributed by atoms with van der Waals surface area (Å²) in [6.07, 6.45) is 2.18. The fraction of sp³-hybridized carbons (Fsp3) is 0.500. The molecule has 1 rings (SSSR count). The van der Waals surface area contributed by atoms with E-state index in [2.05, 4.69) is 19.2 Å². The van der Waals surface area contributed by atoms with E-state index in [-0.39, 0.29) is 5.82 Å². The molecule has 0 bridgehead atoms. The first-order valence-corrected chi connectivity index (χ1v) is 5.16. The van der Waals surface area contributed by atoms with Gasteiger partial charge in [-0.05, 0) is 38.0 Å². The second-order valence-electron chi connectivity index (χ2n) is 3.82. The van der Waals surface area contributed by atoms with Crippen LogP contribution in [0.1, 0.15) is 32.3 Å². The molecule has 1 aromatic carbocycles. The maximum atomic E-state index is 13.4. The van der Waals surface area contributed by atoms with Gasteiger partial charge in [0.15, 0.2) is 0 Å². The van der Waals surface area contributed by atoms with Crippen LogP contribution in [0.15, 0.2) is 18.2 Å². The van der Waals surface area contributed by atoms with Crippen molar-refractivity contribution < 1.29 is 4.39 Å². The van der Waals surface area contributed by atoms with Gasteiger partial charge in [0, 0.05) is 6.04 Å². The van der Waals surface area contributed by atoms with Gasteiger partial charge in [-0.25, -0.2) is 4.39 Å². The Morgan fingerprint density at radius 2 is 2.14 bits per heavy atom. The summed E-state index contributed by atoms with van der Waals surface area (Å²) in [5.74, 6) is -0.159. The molecule has 1 atom stereocenters. The second kappa shape index (κ2) is 4.99. The van der Waals surface area contributed by atoms with Gasteiger partial charge in [0.25, 0.3) is 0 Å².